The average molecular weight is 391 g/mol. The van der Waals surface area contributed by atoms with Crippen molar-refractivity contribution in [2.24, 2.45) is 0 Å². The molecule has 2 aromatic rings. The van der Waals surface area contributed by atoms with E-state index >= 15 is 0 Å². The van der Waals surface area contributed by atoms with Gasteiger partial charge in [0.05, 0.1) is 29.3 Å². The van der Waals surface area contributed by atoms with Crippen molar-refractivity contribution in [3.8, 4) is 0 Å². The second-order valence-electron chi connectivity index (χ2n) is 7.79. The molecule has 2 aliphatic rings. The van der Waals surface area contributed by atoms with E-state index in [4.69, 9.17) is 0 Å². The fourth-order valence-corrected chi connectivity index (χ4v) is 6.05. The largest absolute Gasteiger partial charge is 0.347 e. The molecule has 2 aliphatic heterocycles. The van der Waals surface area contributed by atoms with Crippen LogP contribution in [0.1, 0.15) is 43.1 Å². The molecular weight excluding hydrogens is 366 g/mol. The first-order valence-electron chi connectivity index (χ1n) is 9.43. The molecule has 2 atom stereocenters. The van der Waals surface area contributed by atoms with Gasteiger partial charge in [0.1, 0.15) is 0 Å². The number of rotatable bonds is 4. The van der Waals surface area contributed by atoms with Crippen LogP contribution in [0.2, 0.25) is 0 Å². The summed E-state index contributed by atoms with van der Waals surface area (Å²) in [7, 11) is -3.14. The number of hydrogen-bond donors (Lipinski definition) is 1. The van der Waals surface area contributed by atoms with E-state index in [9.17, 15) is 13.2 Å². The van der Waals surface area contributed by atoms with Crippen LogP contribution in [0.3, 0.4) is 0 Å². The minimum Gasteiger partial charge on any atom is -0.347 e. The molecule has 4 rings (SSSR count). The number of amides is 1. The van der Waals surface area contributed by atoms with Crippen molar-refractivity contribution in [1.82, 2.24) is 25.0 Å². The molecular formula is C18H25N5O3S. The van der Waals surface area contributed by atoms with Crippen LogP contribution in [0, 0.1) is 0 Å². The number of likely N-dealkylation sites (tertiary alicyclic amines) is 1. The molecule has 2 saturated heterocycles. The molecule has 27 heavy (non-hydrogen) atoms. The van der Waals surface area contributed by atoms with Crippen molar-refractivity contribution < 1.29 is 13.2 Å². The summed E-state index contributed by atoms with van der Waals surface area (Å²) in [5.74, 6) is -0.162. The van der Waals surface area contributed by atoms with Gasteiger partial charge in [0.25, 0.3) is 5.91 Å². The highest BCUT2D eigenvalue weighted by Gasteiger charge is 2.42. The van der Waals surface area contributed by atoms with Gasteiger partial charge in [0.15, 0.2) is 15.5 Å². The lowest BCUT2D eigenvalue weighted by Gasteiger charge is -2.28. The maximum Gasteiger partial charge on any atom is 0.253 e. The third-order valence-electron chi connectivity index (χ3n) is 5.43. The summed E-state index contributed by atoms with van der Waals surface area (Å²) in [6.07, 6.45) is 5.40. The average Bonchev–Trinajstić information content (AvgIpc) is 3.32. The van der Waals surface area contributed by atoms with Crippen LogP contribution < -0.4 is 5.32 Å². The summed E-state index contributed by atoms with van der Waals surface area (Å²) in [4.78, 5) is 19.4. The van der Waals surface area contributed by atoms with Gasteiger partial charge >= 0.3 is 0 Å². The van der Waals surface area contributed by atoms with E-state index in [1.54, 1.807) is 12.3 Å². The molecule has 4 heterocycles. The maximum absolute atomic E-state index is 12.8. The van der Waals surface area contributed by atoms with Crippen LogP contribution in [0.25, 0.3) is 11.0 Å². The van der Waals surface area contributed by atoms with Crippen LogP contribution >= 0.6 is 0 Å². The van der Waals surface area contributed by atoms with Gasteiger partial charge in [0.2, 0.25) is 0 Å². The highest BCUT2D eigenvalue weighted by Crippen LogP contribution is 2.23. The molecule has 2 fully saturated rings. The summed E-state index contributed by atoms with van der Waals surface area (Å²) in [5, 5.41) is 8.06. The topological polar surface area (TPSA) is 97.2 Å². The number of aromatic nitrogens is 3. The first-order chi connectivity index (χ1) is 12.8. The lowest BCUT2D eigenvalue weighted by atomic mass is 10.1. The van der Waals surface area contributed by atoms with E-state index in [0.717, 1.165) is 37.0 Å². The molecule has 0 bridgehead atoms. The van der Waals surface area contributed by atoms with E-state index in [1.165, 1.54) is 6.20 Å². The summed E-state index contributed by atoms with van der Waals surface area (Å²) in [6, 6.07) is 1.42. The Morgan fingerprint density at radius 1 is 1.22 bits per heavy atom. The Morgan fingerprint density at radius 3 is 2.67 bits per heavy atom. The van der Waals surface area contributed by atoms with Gasteiger partial charge < -0.3 is 5.32 Å². The molecule has 9 heteroatoms. The molecule has 146 valence electrons. The third kappa shape index (κ3) is 3.58. The molecule has 0 radical (unpaired) electrons. The lowest BCUT2D eigenvalue weighted by molar-refractivity contribution is 0.0918. The molecule has 0 aromatic carbocycles. The van der Waals surface area contributed by atoms with Gasteiger partial charge in [-0.25, -0.2) is 18.1 Å². The van der Waals surface area contributed by atoms with Gasteiger partial charge in [0, 0.05) is 23.7 Å². The van der Waals surface area contributed by atoms with E-state index in [-0.39, 0.29) is 35.5 Å². The number of fused-ring (bicyclic) bond motifs is 1. The predicted octanol–water partition coefficient (Wildman–Crippen LogP) is 1.00. The third-order valence-corrected chi connectivity index (χ3v) is 7.15. The normalized spacial score (nSPS) is 25.4. The van der Waals surface area contributed by atoms with Crippen molar-refractivity contribution in [3.63, 3.8) is 0 Å². The van der Waals surface area contributed by atoms with Crippen molar-refractivity contribution in [1.29, 1.82) is 0 Å². The van der Waals surface area contributed by atoms with Crippen molar-refractivity contribution in [2.45, 2.75) is 44.8 Å². The Labute approximate surface area is 158 Å². The zero-order valence-electron chi connectivity index (χ0n) is 15.6. The fourth-order valence-electron chi connectivity index (χ4n) is 4.09. The van der Waals surface area contributed by atoms with Crippen LogP contribution in [-0.4, -0.2) is 70.7 Å². The molecule has 0 spiro atoms. The highest BCUT2D eigenvalue weighted by atomic mass is 32.2. The Balaban J connectivity index is 1.54. The molecule has 0 aliphatic carbocycles. The summed E-state index contributed by atoms with van der Waals surface area (Å²) in [5.41, 5.74) is 1.16. The monoisotopic (exact) mass is 391 g/mol. The number of carbonyl (C=O) groups excluding carboxylic acids is 1. The van der Waals surface area contributed by atoms with Crippen LogP contribution in [0.15, 0.2) is 18.5 Å². The number of nitrogens with zero attached hydrogens (tertiary/aromatic N) is 4. The van der Waals surface area contributed by atoms with Crippen LogP contribution in [0.4, 0.5) is 0 Å². The predicted molar refractivity (Wildman–Crippen MR) is 102 cm³/mol. The number of carbonyl (C=O) groups is 1. The fraction of sp³-hybridized carbons (Fsp3) is 0.611. The second kappa shape index (κ2) is 6.87. The minimum absolute atomic E-state index is 0.000855. The first kappa shape index (κ1) is 18.4. The summed E-state index contributed by atoms with van der Waals surface area (Å²) in [6.45, 7) is 5.84. The van der Waals surface area contributed by atoms with Gasteiger partial charge in [-0.3, -0.25) is 9.69 Å². The Morgan fingerprint density at radius 2 is 1.96 bits per heavy atom. The summed E-state index contributed by atoms with van der Waals surface area (Å²) < 4.78 is 26.1. The minimum atomic E-state index is -3.14. The van der Waals surface area contributed by atoms with Gasteiger partial charge in [-0.2, -0.15) is 5.10 Å². The maximum atomic E-state index is 12.8. The van der Waals surface area contributed by atoms with E-state index in [0.29, 0.717) is 5.56 Å². The second-order valence-corrected chi connectivity index (χ2v) is 9.94. The zero-order chi connectivity index (χ0) is 19.2. The molecule has 0 saturated carbocycles. The Bertz CT molecular complexity index is 963. The highest BCUT2D eigenvalue weighted by molar-refractivity contribution is 7.91. The van der Waals surface area contributed by atoms with Gasteiger partial charge in [-0.15, -0.1) is 0 Å². The molecule has 1 amide bonds. The number of pyridine rings is 1. The SMILES string of the molecule is CC(C)n1ncc2cc(C(=O)N[C@@H]3CS(=O)(=O)C[C@@H]3N3CCCC3)cnc21. The summed E-state index contributed by atoms with van der Waals surface area (Å²) >= 11 is 0. The van der Waals surface area contributed by atoms with Crippen LogP contribution in [-0.2, 0) is 9.84 Å². The Hall–Kier alpha value is -2.00. The molecule has 2 aromatic heterocycles. The van der Waals surface area contributed by atoms with Gasteiger partial charge in [-0.05, 0) is 45.8 Å². The number of hydrogen-bond acceptors (Lipinski definition) is 6. The zero-order valence-corrected chi connectivity index (χ0v) is 16.4. The van der Waals surface area contributed by atoms with Crippen molar-refractivity contribution in [3.05, 3.63) is 24.0 Å². The number of nitrogens with one attached hydrogen (secondary N) is 1. The number of sulfone groups is 1. The molecule has 1 N–H and O–H groups in total. The molecule has 0 unspecified atom stereocenters. The van der Waals surface area contributed by atoms with E-state index in [1.807, 2.05) is 18.5 Å². The Kier molecular flexibility index (Phi) is 4.67. The lowest BCUT2D eigenvalue weighted by Crippen LogP contribution is -2.50. The van der Waals surface area contributed by atoms with Crippen molar-refractivity contribution in [2.75, 3.05) is 24.6 Å². The van der Waals surface area contributed by atoms with Crippen LogP contribution in [0.5, 0.6) is 0 Å². The van der Waals surface area contributed by atoms with Crippen molar-refractivity contribution >= 4 is 26.8 Å². The standard InChI is InChI=1S/C18H25N5O3S/c1-12(2)23-17-13(9-20-23)7-14(8-19-17)18(24)21-15-10-27(25,26)11-16(15)22-5-3-4-6-22/h7-9,12,15-16H,3-6,10-11H2,1-2H3,(H,21,24)/t15-,16+/m1/s1. The van der Waals surface area contributed by atoms with Gasteiger partial charge in [-0.1, -0.05) is 0 Å². The van der Waals surface area contributed by atoms with E-state index < -0.39 is 9.84 Å². The molecule has 8 nitrogen and oxygen atoms in total. The smallest absolute Gasteiger partial charge is 0.253 e. The van der Waals surface area contributed by atoms with E-state index in [2.05, 4.69) is 20.3 Å². The first-order valence-corrected chi connectivity index (χ1v) is 11.2. The quantitative estimate of drug-likeness (QED) is 0.835.